The quantitative estimate of drug-likeness (QED) is 0.349. The SMILES string of the molecule is O=c1[nH]nc(-c2ccc([N+](=O)[O-])cc2)c2c1Nc1nnnn1[C@@H]2c1cccs1. The van der Waals surface area contributed by atoms with Crippen molar-refractivity contribution >= 4 is 28.7 Å². The average molecular weight is 394 g/mol. The number of tetrazole rings is 1. The number of anilines is 2. The maximum absolute atomic E-state index is 12.5. The highest BCUT2D eigenvalue weighted by Gasteiger charge is 2.34. The summed E-state index contributed by atoms with van der Waals surface area (Å²) in [6.07, 6.45) is 0. The van der Waals surface area contributed by atoms with Crippen LogP contribution in [0.3, 0.4) is 0 Å². The fraction of sp³-hybridized carbons (Fsp3) is 0.0625. The molecular formula is C16H10N8O3S. The predicted molar refractivity (Wildman–Crippen MR) is 99.6 cm³/mol. The summed E-state index contributed by atoms with van der Waals surface area (Å²) in [6.45, 7) is 0. The van der Waals surface area contributed by atoms with Crippen LogP contribution in [0.4, 0.5) is 17.3 Å². The molecular weight excluding hydrogens is 384 g/mol. The van der Waals surface area contributed by atoms with Crippen molar-refractivity contribution in [3.05, 3.63) is 72.7 Å². The number of non-ortho nitro benzene ring substituents is 1. The second-order valence-corrected chi connectivity index (χ2v) is 6.96. The van der Waals surface area contributed by atoms with Gasteiger partial charge in [0, 0.05) is 28.1 Å². The molecule has 0 spiro atoms. The van der Waals surface area contributed by atoms with Crippen molar-refractivity contribution < 1.29 is 4.92 Å². The Kier molecular flexibility index (Phi) is 3.52. The Hall–Kier alpha value is -3.93. The van der Waals surface area contributed by atoms with Crippen LogP contribution in [0.1, 0.15) is 16.5 Å². The number of H-pyrrole nitrogens is 1. The number of nitro benzene ring substituents is 1. The van der Waals surface area contributed by atoms with E-state index in [1.54, 1.807) is 16.8 Å². The number of nitrogens with zero attached hydrogens (tertiary/aromatic N) is 6. The Morgan fingerprint density at radius 3 is 2.75 bits per heavy atom. The largest absolute Gasteiger partial charge is 0.318 e. The summed E-state index contributed by atoms with van der Waals surface area (Å²) >= 11 is 1.50. The van der Waals surface area contributed by atoms with Crippen molar-refractivity contribution in [1.82, 2.24) is 30.4 Å². The van der Waals surface area contributed by atoms with Gasteiger partial charge in [-0.1, -0.05) is 11.2 Å². The van der Waals surface area contributed by atoms with Crippen LogP contribution in [0.2, 0.25) is 0 Å². The molecule has 2 N–H and O–H groups in total. The third-order valence-corrected chi connectivity index (χ3v) is 5.36. The van der Waals surface area contributed by atoms with Gasteiger partial charge in [0.1, 0.15) is 11.7 Å². The van der Waals surface area contributed by atoms with Gasteiger partial charge in [0.2, 0.25) is 5.95 Å². The van der Waals surface area contributed by atoms with Gasteiger partial charge in [0.05, 0.1) is 10.6 Å². The average Bonchev–Trinajstić information content (AvgIpc) is 3.39. The lowest BCUT2D eigenvalue weighted by Crippen LogP contribution is -2.28. The van der Waals surface area contributed by atoms with Crippen LogP contribution in [0, 0.1) is 10.1 Å². The van der Waals surface area contributed by atoms with E-state index in [2.05, 4.69) is 31.0 Å². The molecule has 3 aromatic heterocycles. The Morgan fingerprint density at radius 2 is 2.04 bits per heavy atom. The topological polar surface area (TPSA) is 145 Å². The summed E-state index contributed by atoms with van der Waals surface area (Å²) in [5.74, 6) is 0.345. The molecule has 1 atom stereocenters. The molecule has 0 aliphatic carbocycles. The van der Waals surface area contributed by atoms with Gasteiger partial charge in [-0.15, -0.1) is 11.3 Å². The van der Waals surface area contributed by atoms with Crippen molar-refractivity contribution in [3.63, 3.8) is 0 Å². The standard InChI is InChI=1S/C16H10N8O3S/c25-15-13-11(12(18-19-15)8-3-5-9(6-4-8)24(26)27)14(10-2-1-7-28-10)23-16(17-13)20-21-22-23/h1-7,14H,(H,19,25)(H,17,20,22)/t14-/m1/s1. The highest BCUT2D eigenvalue weighted by Crippen LogP contribution is 2.42. The zero-order valence-corrected chi connectivity index (χ0v) is 14.8. The highest BCUT2D eigenvalue weighted by molar-refractivity contribution is 7.10. The number of aromatic amines is 1. The molecule has 0 amide bonds. The molecule has 0 saturated heterocycles. The first kappa shape index (κ1) is 16.3. The van der Waals surface area contributed by atoms with Gasteiger partial charge in [0.25, 0.3) is 11.2 Å². The van der Waals surface area contributed by atoms with Crippen molar-refractivity contribution in [3.8, 4) is 11.3 Å². The normalized spacial score (nSPS) is 14.8. The van der Waals surface area contributed by atoms with Crippen LogP contribution in [-0.2, 0) is 0 Å². The number of fused-ring (bicyclic) bond motifs is 2. The Morgan fingerprint density at radius 1 is 1.21 bits per heavy atom. The number of hydrogen-bond donors (Lipinski definition) is 2. The molecule has 1 aliphatic heterocycles. The van der Waals surface area contributed by atoms with E-state index in [0.717, 1.165) is 4.88 Å². The number of aromatic nitrogens is 6. The van der Waals surface area contributed by atoms with E-state index in [4.69, 9.17) is 0 Å². The van der Waals surface area contributed by atoms with E-state index in [-0.39, 0.29) is 5.69 Å². The Labute approximate surface area is 159 Å². The van der Waals surface area contributed by atoms with E-state index in [0.29, 0.717) is 28.5 Å². The predicted octanol–water partition coefficient (Wildman–Crippen LogP) is 2.09. The molecule has 4 aromatic rings. The minimum absolute atomic E-state index is 0.0299. The molecule has 0 saturated carbocycles. The van der Waals surface area contributed by atoms with Gasteiger partial charge < -0.3 is 5.32 Å². The van der Waals surface area contributed by atoms with E-state index >= 15 is 0 Å². The van der Waals surface area contributed by atoms with Crippen molar-refractivity contribution in [2.24, 2.45) is 0 Å². The number of nitro groups is 1. The maximum Gasteiger partial charge on any atom is 0.288 e. The molecule has 1 aliphatic rings. The van der Waals surface area contributed by atoms with Crippen LogP contribution >= 0.6 is 11.3 Å². The first-order valence-corrected chi connectivity index (χ1v) is 8.97. The van der Waals surface area contributed by atoms with Gasteiger partial charge in [-0.2, -0.15) is 9.78 Å². The van der Waals surface area contributed by atoms with Gasteiger partial charge in [-0.05, 0) is 34.0 Å². The Bertz CT molecular complexity index is 1250. The van der Waals surface area contributed by atoms with E-state index in [1.165, 1.54) is 23.5 Å². The third-order valence-electron chi connectivity index (χ3n) is 4.43. The van der Waals surface area contributed by atoms with Crippen LogP contribution in [0.25, 0.3) is 11.3 Å². The van der Waals surface area contributed by atoms with Crippen LogP contribution in [0.5, 0.6) is 0 Å². The fourth-order valence-electron chi connectivity index (χ4n) is 3.21. The van der Waals surface area contributed by atoms with Crippen LogP contribution < -0.4 is 10.9 Å². The minimum Gasteiger partial charge on any atom is -0.318 e. The highest BCUT2D eigenvalue weighted by atomic mass is 32.1. The number of hydrogen-bond acceptors (Lipinski definition) is 9. The molecule has 12 heteroatoms. The summed E-state index contributed by atoms with van der Waals surface area (Å²) in [6, 6.07) is 9.36. The molecule has 0 bridgehead atoms. The van der Waals surface area contributed by atoms with Gasteiger partial charge in [-0.25, -0.2) is 5.10 Å². The third kappa shape index (κ3) is 2.39. The molecule has 5 rings (SSSR count). The second kappa shape index (κ2) is 6.06. The van der Waals surface area contributed by atoms with Crippen molar-refractivity contribution in [1.29, 1.82) is 0 Å². The smallest absolute Gasteiger partial charge is 0.288 e. The lowest BCUT2D eigenvalue weighted by molar-refractivity contribution is -0.384. The molecule has 11 nitrogen and oxygen atoms in total. The molecule has 1 aromatic carbocycles. The zero-order valence-electron chi connectivity index (χ0n) is 13.9. The van der Waals surface area contributed by atoms with E-state index < -0.39 is 16.5 Å². The molecule has 0 unspecified atom stereocenters. The summed E-state index contributed by atoms with van der Waals surface area (Å²) < 4.78 is 1.59. The van der Waals surface area contributed by atoms with Crippen molar-refractivity contribution in [2.75, 3.05) is 5.32 Å². The summed E-state index contributed by atoms with van der Waals surface area (Å²) in [7, 11) is 0. The number of thiophene rings is 1. The fourth-order valence-corrected chi connectivity index (χ4v) is 4.03. The van der Waals surface area contributed by atoms with E-state index in [1.807, 2.05) is 17.5 Å². The van der Waals surface area contributed by atoms with E-state index in [9.17, 15) is 14.9 Å². The summed E-state index contributed by atoms with van der Waals surface area (Å²) in [5.41, 5.74) is 1.56. The maximum atomic E-state index is 12.5. The number of rotatable bonds is 3. The monoisotopic (exact) mass is 394 g/mol. The van der Waals surface area contributed by atoms with Gasteiger partial charge >= 0.3 is 0 Å². The number of nitrogens with one attached hydrogen (secondary N) is 2. The summed E-state index contributed by atoms with van der Waals surface area (Å²) in [4.78, 5) is 23.9. The minimum atomic E-state index is -0.469. The number of benzene rings is 1. The van der Waals surface area contributed by atoms with Crippen LogP contribution in [-0.4, -0.2) is 35.3 Å². The van der Waals surface area contributed by atoms with Crippen LogP contribution in [0.15, 0.2) is 46.6 Å². The molecule has 4 heterocycles. The Balaban J connectivity index is 1.77. The summed E-state index contributed by atoms with van der Waals surface area (Å²) in [5, 5.41) is 34.2. The molecule has 0 fully saturated rings. The molecule has 138 valence electrons. The first-order valence-electron chi connectivity index (χ1n) is 8.09. The lowest BCUT2D eigenvalue weighted by Gasteiger charge is -2.26. The van der Waals surface area contributed by atoms with Gasteiger partial charge in [-0.3, -0.25) is 14.9 Å². The van der Waals surface area contributed by atoms with Gasteiger partial charge in [0.15, 0.2) is 0 Å². The zero-order chi connectivity index (χ0) is 19.3. The first-order chi connectivity index (χ1) is 13.6. The molecule has 0 radical (unpaired) electrons. The van der Waals surface area contributed by atoms with Crippen molar-refractivity contribution in [2.45, 2.75) is 6.04 Å². The lowest BCUT2D eigenvalue weighted by atomic mass is 9.96. The second-order valence-electron chi connectivity index (χ2n) is 5.98. The molecule has 28 heavy (non-hydrogen) atoms.